The first-order chi connectivity index (χ1) is 14.6. The number of fused-ring (bicyclic) bond motifs is 1. The summed E-state index contributed by atoms with van der Waals surface area (Å²) in [6, 6.07) is 11.8. The second-order valence-electron chi connectivity index (χ2n) is 8.08. The lowest BCUT2D eigenvalue weighted by Crippen LogP contribution is -2.39. The molecule has 2 aliphatic rings. The molecule has 0 radical (unpaired) electrons. The molecule has 4 rings (SSSR count). The Balaban J connectivity index is 1.38. The van der Waals surface area contributed by atoms with Crippen molar-refractivity contribution in [3.63, 3.8) is 0 Å². The summed E-state index contributed by atoms with van der Waals surface area (Å²) in [5.41, 5.74) is 2.34. The molecule has 1 heterocycles. The van der Waals surface area contributed by atoms with E-state index in [1.54, 1.807) is 29.2 Å². The first-order valence-corrected chi connectivity index (χ1v) is 10.7. The summed E-state index contributed by atoms with van der Waals surface area (Å²) in [4.78, 5) is 27.0. The molecule has 0 aromatic heterocycles. The summed E-state index contributed by atoms with van der Waals surface area (Å²) in [6.45, 7) is 0.950. The van der Waals surface area contributed by atoms with Gasteiger partial charge in [0.15, 0.2) is 6.61 Å². The molecule has 0 bridgehead atoms. The van der Waals surface area contributed by atoms with Gasteiger partial charge >= 0.3 is 0 Å². The van der Waals surface area contributed by atoms with Crippen LogP contribution in [-0.4, -0.2) is 35.9 Å². The van der Waals surface area contributed by atoms with Crippen molar-refractivity contribution in [1.82, 2.24) is 10.2 Å². The second kappa shape index (κ2) is 9.28. The number of ether oxygens (including phenoxy) is 1. The number of nitrogens with one attached hydrogen (secondary N) is 1. The predicted octanol–water partition coefficient (Wildman–Crippen LogP) is 3.85. The van der Waals surface area contributed by atoms with Crippen molar-refractivity contribution >= 4 is 11.8 Å². The van der Waals surface area contributed by atoms with E-state index < -0.39 is 0 Å². The van der Waals surface area contributed by atoms with Crippen molar-refractivity contribution < 1.29 is 18.7 Å². The molecular weight excluding hydrogens is 383 g/mol. The van der Waals surface area contributed by atoms with Gasteiger partial charge in [0.05, 0.1) is 0 Å². The average molecular weight is 410 g/mol. The Hall–Kier alpha value is -2.89. The number of carbonyl (C=O) groups excluding carboxylic acids is 2. The summed E-state index contributed by atoms with van der Waals surface area (Å²) in [6.07, 6.45) is 6.28. The molecule has 1 N–H and O–H groups in total. The third kappa shape index (κ3) is 4.81. The van der Waals surface area contributed by atoms with E-state index in [4.69, 9.17) is 4.74 Å². The van der Waals surface area contributed by atoms with Gasteiger partial charge < -0.3 is 15.0 Å². The fourth-order valence-corrected chi connectivity index (χ4v) is 4.30. The molecule has 158 valence electrons. The van der Waals surface area contributed by atoms with E-state index in [-0.39, 0.29) is 30.3 Å². The van der Waals surface area contributed by atoms with Crippen LogP contribution >= 0.6 is 0 Å². The minimum atomic E-state index is -0.289. The Bertz CT molecular complexity index is 907. The van der Waals surface area contributed by atoms with E-state index >= 15 is 0 Å². The zero-order valence-corrected chi connectivity index (χ0v) is 17.0. The lowest BCUT2D eigenvalue weighted by atomic mass is 9.95. The number of amides is 2. The number of rotatable bonds is 6. The number of hydrogen-bond donors (Lipinski definition) is 1. The number of carbonyl (C=O) groups is 2. The van der Waals surface area contributed by atoms with E-state index in [1.807, 2.05) is 6.07 Å². The van der Waals surface area contributed by atoms with Crippen molar-refractivity contribution in [3.8, 4) is 5.75 Å². The standard InChI is InChI=1S/C24H27FN2O3/c25-18-11-9-17(10-12-18)15-27-14-13-20-21(24(27)29)7-4-8-22(20)30-16-23(28)26-19-5-2-1-3-6-19/h4,7-12,19H,1-3,5-6,13-16H2,(H,26,28). The van der Waals surface area contributed by atoms with E-state index in [2.05, 4.69) is 5.32 Å². The minimum Gasteiger partial charge on any atom is -0.483 e. The molecule has 2 amide bonds. The molecule has 0 saturated heterocycles. The highest BCUT2D eigenvalue weighted by molar-refractivity contribution is 5.97. The van der Waals surface area contributed by atoms with Crippen molar-refractivity contribution in [3.05, 3.63) is 65.0 Å². The third-order valence-corrected chi connectivity index (χ3v) is 5.90. The van der Waals surface area contributed by atoms with E-state index in [1.165, 1.54) is 18.6 Å². The van der Waals surface area contributed by atoms with Crippen LogP contribution in [0.25, 0.3) is 0 Å². The Labute approximate surface area is 176 Å². The number of halogens is 1. The number of nitrogens with zero attached hydrogens (tertiary/aromatic N) is 1. The predicted molar refractivity (Wildman–Crippen MR) is 112 cm³/mol. The molecular formula is C24H27FN2O3. The van der Waals surface area contributed by atoms with Gasteiger partial charge in [-0.25, -0.2) is 4.39 Å². The van der Waals surface area contributed by atoms with Crippen molar-refractivity contribution in [2.45, 2.75) is 51.1 Å². The lowest BCUT2D eigenvalue weighted by Gasteiger charge is -2.29. The third-order valence-electron chi connectivity index (χ3n) is 5.90. The highest BCUT2D eigenvalue weighted by atomic mass is 19.1. The summed E-state index contributed by atoms with van der Waals surface area (Å²) in [5.74, 6) is 0.127. The van der Waals surface area contributed by atoms with Crippen molar-refractivity contribution in [2.75, 3.05) is 13.2 Å². The molecule has 0 spiro atoms. The van der Waals surface area contributed by atoms with Crippen LogP contribution in [0.3, 0.4) is 0 Å². The van der Waals surface area contributed by atoms with Crippen LogP contribution in [0.1, 0.15) is 53.6 Å². The molecule has 1 aliphatic heterocycles. The fourth-order valence-electron chi connectivity index (χ4n) is 4.30. The molecule has 2 aromatic rings. The van der Waals surface area contributed by atoms with E-state index in [0.717, 1.165) is 36.8 Å². The van der Waals surface area contributed by atoms with Crippen LogP contribution in [0.4, 0.5) is 4.39 Å². The smallest absolute Gasteiger partial charge is 0.258 e. The first-order valence-electron chi connectivity index (χ1n) is 10.7. The zero-order valence-electron chi connectivity index (χ0n) is 17.0. The molecule has 5 nitrogen and oxygen atoms in total. The van der Waals surface area contributed by atoms with Crippen LogP contribution in [0.2, 0.25) is 0 Å². The lowest BCUT2D eigenvalue weighted by molar-refractivity contribution is -0.124. The molecule has 0 unspecified atom stereocenters. The van der Waals surface area contributed by atoms with Gasteiger partial charge in [0.1, 0.15) is 11.6 Å². The van der Waals surface area contributed by atoms with Crippen molar-refractivity contribution in [1.29, 1.82) is 0 Å². The SMILES string of the molecule is O=C(COc1cccc2c1CCN(Cc1ccc(F)cc1)C2=O)NC1CCCCC1. The van der Waals surface area contributed by atoms with Crippen LogP contribution in [0.5, 0.6) is 5.75 Å². The molecule has 2 aromatic carbocycles. The molecule has 1 fully saturated rings. The summed E-state index contributed by atoms with van der Waals surface area (Å²) in [5, 5.41) is 3.05. The molecule has 30 heavy (non-hydrogen) atoms. The van der Waals surface area contributed by atoms with Gasteiger partial charge in [-0.2, -0.15) is 0 Å². The number of hydrogen-bond acceptors (Lipinski definition) is 3. The summed E-state index contributed by atoms with van der Waals surface area (Å²) in [7, 11) is 0. The Morgan fingerprint density at radius 1 is 1.10 bits per heavy atom. The average Bonchev–Trinajstić information content (AvgIpc) is 2.76. The summed E-state index contributed by atoms with van der Waals surface area (Å²) >= 11 is 0. The van der Waals surface area contributed by atoms with Gasteiger partial charge in [0, 0.05) is 30.3 Å². The molecule has 0 atom stereocenters. The maximum absolute atomic E-state index is 13.1. The highest BCUT2D eigenvalue weighted by Crippen LogP contribution is 2.29. The molecule has 1 aliphatic carbocycles. The van der Waals surface area contributed by atoms with Crippen LogP contribution < -0.4 is 10.1 Å². The van der Waals surface area contributed by atoms with Gasteiger partial charge in [-0.3, -0.25) is 9.59 Å². The van der Waals surface area contributed by atoms with E-state index in [0.29, 0.717) is 30.8 Å². The quantitative estimate of drug-likeness (QED) is 0.787. The monoisotopic (exact) mass is 410 g/mol. The maximum atomic E-state index is 13.1. The van der Waals surface area contributed by atoms with Crippen LogP contribution in [0, 0.1) is 5.82 Å². The molecule has 6 heteroatoms. The van der Waals surface area contributed by atoms with Crippen molar-refractivity contribution in [2.24, 2.45) is 0 Å². The Kier molecular flexibility index (Phi) is 6.31. The Morgan fingerprint density at radius 2 is 1.87 bits per heavy atom. The topological polar surface area (TPSA) is 58.6 Å². The summed E-state index contributed by atoms with van der Waals surface area (Å²) < 4.78 is 18.9. The maximum Gasteiger partial charge on any atom is 0.258 e. The highest BCUT2D eigenvalue weighted by Gasteiger charge is 2.27. The van der Waals surface area contributed by atoms with Gasteiger partial charge in [-0.15, -0.1) is 0 Å². The van der Waals surface area contributed by atoms with Gasteiger partial charge in [0.2, 0.25) is 0 Å². The normalized spacial score (nSPS) is 16.8. The van der Waals surface area contributed by atoms with Gasteiger partial charge in [-0.1, -0.05) is 37.5 Å². The second-order valence-corrected chi connectivity index (χ2v) is 8.08. The minimum absolute atomic E-state index is 0.0412. The zero-order chi connectivity index (χ0) is 20.9. The largest absolute Gasteiger partial charge is 0.483 e. The van der Waals surface area contributed by atoms with E-state index in [9.17, 15) is 14.0 Å². The van der Waals surface area contributed by atoms with Gasteiger partial charge in [-0.05, 0) is 49.1 Å². The van der Waals surface area contributed by atoms with Gasteiger partial charge in [0.25, 0.3) is 11.8 Å². The molecule has 1 saturated carbocycles. The number of benzene rings is 2. The first kappa shape index (κ1) is 20.4. The van der Waals surface area contributed by atoms with Crippen LogP contribution in [-0.2, 0) is 17.8 Å². The fraction of sp³-hybridized carbons (Fsp3) is 0.417. The Morgan fingerprint density at radius 3 is 2.63 bits per heavy atom. The van der Waals surface area contributed by atoms with Crippen LogP contribution in [0.15, 0.2) is 42.5 Å².